The molecule has 168 valence electrons. The largest absolute Gasteiger partial charge is 0.378 e. The van der Waals surface area contributed by atoms with Crippen LogP contribution in [0.4, 0.5) is 10.6 Å². The average Bonchev–Trinajstić information content (AvgIpc) is 2.72. The number of nitrogens with zero attached hydrogens (tertiary/aromatic N) is 4. The third kappa shape index (κ3) is 5.73. The Balaban J connectivity index is 1.89. The lowest BCUT2D eigenvalue weighted by Gasteiger charge is -2.37. The second-order valence-corrected chi connectivity index (χ2v) is 8.64. The van der Waals surface area contributed by atoms with Gasteiger partial charge in [-0.3, -0.25) is 0 Å². The Kier molecular flexibility index (Phi) is 7.49. The molecule has 31 heavy (non-hydrogen) atoms. The predicted octanol–water partition coefficient (Wildman–Crippen LogP) is 3.38. The molecule has 7 heteroatoms. The molecule has 0 unspecified atom stereocenters. The van der Waals surface area contributed by atoms with E-state index in [-0.39, 0.29) is 12.1 Å². The fourth-order valence-corrected chi connectivity index (χ4v) is 3.98. The van der Waals surface area contributed by atoms with E-state index in [1.54, 1.807) is 7.11 Å². The van der Waals surface area contributed by atoms with Gasteiger partial charge in [0.2, 0.25) is 0 Å². The van der Waals surface area contributed by atoms with Crippen molar-refractivity contribution >= 4 is 11.8 Å². The summed E-state index contributed by atoms with van der Waals surface area (Å²) in [5.41, 5.74) is 5.83. The van der Waals surface area contributed by atoms with Gasteiger partial charge in [-0.25, -0.2) is 14.8 Å². The van der Waals surface area contributed by atoms with Gasteiger partial charge in [0.05, 0.1) is 12.3 Å². The number of amides is 2. The van der Waals surface area contributed by atoms with Gasteiger partial charge >= 0.3 is 6.03 Å². The number of piperazine rings is 1. The van der Waals surface area contributed by atoms with E-state index in [0.29, 0.717) is 19.7 Å². The number of aromatic nitrogens is 2. The quantitative estimate of drug-likeness (QED) is 0.768. The Morgan fingerprint density at radius 1 is 1.13 bits per heavy atom. The normalized spacial score (nSPS) is 14.3. The molecule has 0 radical (unpaired) electrons. The number of rotatable bonds is 6. The van der Waals surface area contributed by atoms with Crippen molar-refractivity contribution in [2.45, 2.75) is 53.7 Å². The summed E-state index contributed by atoms with van der Waals surface area (Å²) in [4.78, 5) is 26.1. The van der Waals surface area contributed by atoms with Gasteiger partial charge in [-0.05, 0) is 45.7 Å². The second-order valence-electron chi connectivity index (χ2n) is 8.64. The first-order chi connectivity index (χ1) is 14.8. The van der Waals surface area contributed by atoms with Crippen LogP contribution >= 0.6 is 0 Å². The van der Waals surface area contributed by atoms with E-state index in [9.17, 15) is 4.79 Å². The summed E-state index contributed by atoms with van der Waals surface area (Å²) in [5, 5.41) is 2.98. The van der Waals surface area contributed by atoms with Crippen molar-refractivity contribution in [2.24, 2.45) is 0 Å². The summed E-state index contributed by atoms with van der Waals surface area (Å²) in [6.07, 6.45) is 0.760. The van der Waals surface area contributed by atoms with E-state index in [2.05, 4.69) is 42.3 Å². The number of ether oxygens (including phenoxy) is 1. The first-order valence-corrected chi connectivity index (χ1v) is 11.0. The van der Waals surface area contributed by atoms with E-state index in [1.165, 1.54) is 16.7 Å². The highest BCUT2D eigenvalue weighted by molar-refractivity contribution is 5.74. The van der Waals surface area contributed by atoms with Gasteiger partial charge in [0.25, 0.3) is 0 Å². The molecule has 0 spiro atoms. The molecule has 1 aromatic carbocycles. The van der Waals surface area contributed by atoms with Gasteiger partial charge in [-0.1, -0.05) is 23.8 Å². The van der Waals surface area contributed by atoms with Gasteiger partial charge in [-0.15, -0.1) is 0 Å². The molecule has 1 saturated heterocycles. The zero-order valence-electron chi connectivity index (χ0n) is 19.7. The maximum absolute atomic E-state index is 12.4. The Morgan fingerprint density at radius 3 is 2.48 bits per heavy atom. The molecule has 1 aliphatic heterocycles. The number of anilines is 1. The van der Waals surface area contributed by atoms with Crippen LogP contribution in [0.3, 0.4) is 0 Å². The highest BCUT2D eigenvalue weighted by Gasteiger charge is 2.26. The second kappa shape index (κ2) is 10.1. The van der Waals surface area contributed by atoms with Crippen LogP contribution in [0.25, 0.3) is 0 Å². The highest BCUT2D eigenvalue weighted by Crippen LogP contribution is 2.27. The van der Waals surface area contributed by atoms with Crippen molar-refractivity contribution in [1.82, 2.24) is 20.2 Å². The van der Waals surface area contributed by atoms with Crippen LogP contribution in [0.2, 0.25) is 0 Å². The molecule has 2 amide bonds. The topological polar surface area (TPSA) is 70.6 Å². The molecule has 1 N–H and O–H groups in total. The number of carbonyl (C=O) groups excluding carboxylic acids is 1. The van der Waals surface area contributed by atoms with E-state index in [4.69, 9.17) is 14.7 Å². The summed E-state index contributed by atoms with van der Waals surface area (Å²) in [7, 11) is 1.70. The number of urea groups is 1. The molecule has 1 aliphatic rings. The minimum atomic E-state index is 0.00389. The van der Waals surface area contributed by atoms with Crippen molar-refractivity contribution in [3.05, 3.63) is 52.0 Å². The standard InChI is InChI=1S/C24H35N5O2/c1-16(2)25-24(30)29-11-9-28(10-12-29)23-21(22(15-31-6)26-19(5)27-23)14-20-13-17(3)7-8-18(20)4/h7-8,13,16H,9-12,14-15H2,1-6H3,(H,25,30). The van der Waals surface area contributed by atoms with Gasteiger partial charge < -0.3 is 19.9 Å². The molecule has 0 aliphatic carbocycles. The number of carbonyl (C=O) groups is 1. The van der Waals surface area contributed by atoms with Crippen molar-refractivity contribution in [3.63, 3.8) is 0 Å². The lowest BCUT2D eigenvalue weighted by Crippen LogP contribution is -2.53. The molecular formula is C24H35N5O2. The number of aryl methyl sites for hydroxylation is 3. The summed E-state index contributed by atoms with van der Waals surface area (Å²) >= 11 is 0. The number of methoxy groups -OCH3 is 1. The molecule has 0 atom stereocenters. The number of hydrogen-bond donors (Lipinski definition) is 1. The third-order valence-corrected chi connectivity index (χ3v) is 5.61. The molecule has 3 rings (SSSR count). The van der Waals surface area contributed by atoms with Crippen molar-refractivity contribution in [1.29, 1.82) is 0 Å². The lowest BCUT2D eigenvalue weighted by atomic mass is 9.97. The van der Waals surface area contributed by atoms with E-state index < -0.39 is 0 Å². The Hall–Kier alpha value is -2.67. The third-order valence-electron chi connectivity index (χ3n) is 5.61. The molecule has 0 saturated carbocycles. The van der Waals surface area contributed by atoms with Crippen molar-refractivity contribution in [2.75, 3.05) is 38.2 Å². The van der Waals surface area contributed by atoms with Crippen LogP contribution < -0.4 is 10.2 Å². The summed E-state index contributed by atoms with van der Waals surface area (Å²) < 4.78 is 5.47. The maximum Gasteiger partial charge on any atom is 0.317 e. The SMILES string of the molecule is COCc1nc(C)nc(N2CCN(C(=O)NC(C)C)CC2)c1Cc1cc(C)ccc1C. The first kappa shape index (κ1) is 23.0. The number of hydrogen-bond acceptors (Lipinski definition) is 5. The van der Waals surface area contributed by atoms with E-state index in [0.717, 1.165) is 42.4 Å². The zero-order valence-corrected chi connectivity index (χ0v) is 19.7. The van der Waals surface area contributed by atoms with Gasteiger partial charge in [0.1, 0.15) is 11.6 Å². The van der Waals surface area contributed by atoms with Crippen LogP contribution in [0.1, 0.15) is 47.6 Å². The first-order valence-electron chi connectivity index (χ1n) is 11.0. The van der Waals surface area contributed by atoms with Gasteiger partial charge in [0, 0.05) is 51.3 Å². The molecule has 1 fully saturated rings. The Morgan fingerprint density at radius 2 is 1.84 bits per heavy atom. The fourth-order valence-electron chi connectivity index (χ4n) is 3.98. The molecule has 1 aromatic heterocycles. The molecule has 2 heterocycles. The molecule has 2 aromatic rings. The Bertz CT molecular complexity index is 920. The van der Waals surface area contributed by atoms with Crippen LogP contribution in [-0.4, -0.2) is 60.2 Å². The predicted molar refractivity (Wildman–Crippen MR) is 124 cm³/mol. The van der Waals surface area contributed by atoms with E-state index in [1.807, 2.05) is 25.7 Å². The number of nitrogens with one attached hydrogen (secondary N) is 1. The molecule has 7 nitrogen and oxygen atoms in total. The van der Waals surface area contributed by atoms with Crippen molar-refractivity contribution < 1.29 is 9.53 Å². The minimum absolute atomic E-state index is 0.00389. The van der Waals surface area contributed by atoms with Gasteiger partial charge in [0.15, 0.2) is 0 Å². The summed E-state index contributed by atoms with van der Waals surface area (Å²) in [5.74, 6) is 1.70. The maximum atomic E-state index is 12.4. The summed E-state index contributed by atoms with van der Waals surface area (Å²) in [6, 6.07) is 6.69. The van der Waals surface area contributed by atoms with Crippen LogP contribution in [0, 0.1) is 20.8 Å². The van der Waals surface area contributed by atoms with Crippen LogP contribution in [0.5, 0.6) is 0 Å². The van der Waals surface area contributed by atoms with Gasteiger partial charge in [-0.2, -0.15) is 0 Å². The van der Waals surface area contributed by atoms with Crippen molar-refractivity contribution in [3.8, 4) is 0 Å². The highest BCUT2D eigenvalue weighted by atomic mass is 16.5. The lowest BCUT2D eigenvalue weighted by molar-refractivity contribution is 0.180. The fraction of sp³-hybridized carbons (Fsp3) is 0.542. The average molecular weight is 426 g/mol. The Labute approximate surface area is 185 Å². The molecule has 0 bridgehead atoms. The summed E-state index contributed by atoms with van der Waals surface area (Å²) in [6.45, 7) is 13.4. The zero-order chi connectivity index (χ0) is 22.5. The number of benzene rings is 1. The minimum Gasteiger partial charge on any atom is -0.378 e. The van der Waals surface area contributed by atoms with Crippen LogP contribution in [-0.2, 0) is 17.8 Å². The van der Waals surface area contributed by atoms with Crippen LogP contribution in [0.15, 0.2) is 18.2 Å². The monoisotopic (exact) mass is 425 g/mol. The molecular weight excluding hydrogens is 390 g/mol. The van der Waals surface area contributed by atoms with E-state index >= 15 is 0 Å². The smallest absolute Gasteiger partial charge is 0.317 e.